The molecule has 1 aromatic rings. The van der Waals surface area contributed by atoms with Crippen molar-refractivity contribution in [3.8, 4) is 0 Å². The van der Waals surface area contributed by atoms with E-state index in [4.69, 9.17) is 0 Å². The second-order valence-corrected chi connectivity index (χ2v) is 2.51. The van der Waals surface area contributed by atoms with Gasteiger partial charge in [-0.1, -0.05) is 36.9 Å². The average Bonchev–Trinajstić information content (AvgIpc) is 2.18. The number of hydrogen-bond donors (Lipinski definition) is 1. The molecule has 0 aliphatic heterocycles. The topological polar surface area (TPSA) is 37.3 Å². The Morgan fingerprint density at radius 1 is 1.33 bits per heavy atom. The molecule has 0 fully saturated rings. The van der Waals surface area contributed by atoms with Crippen molar-refractivity contribution in [3.05, 3.63) is 48.6 Å². The lowest BCUT2D eigenvalue weighted by Gasteiger charge is -2.16. The highest BCUT2D eigenvalue weighted by atomic mass is 16.3. The molecule has 0 bridgehead atoms. The first kappa shape index (κ1) is 8.68. The molecule has 0 aliphatic rings. The van der Waals surface area contributed by atoms with E-state index in [1.807, 2.05) is 6.07 Å². The third-order valence-corrected chi connectivity index (χ3v) is 1.73. The van der Waals surface area contributed by atoms with Gasteiger partial charge in [-0.15, -0.1) is 0 Å². The smallest absolute Gasteiger partial charge is 0.163 e. The monoisotopic (exact) mass is 162 g/mol. The van der Waals surface area contributed by atoms with Crippen molar-refractivity contribution in [3.63, 3.8) is 0 Å². The molecule has 1 unspecified atom stereocenters. The van der Waals surface area contributed by atoms with Crippen molar-refractivity contribution >= 4 is 6.29 Å². The number of rotatable bonds is 3. The third kappa shape index (κ3) is 1.43. The summed E-state index contributed by atoms with van der Waals surface area (Å²) in [6.07, 6.45) is 1.69. The number of aldehydes is 1. The Bertz CT molecular complexity index is 269. The number of aliphatic hydroxyl groups is 1. The average molecular weight is 162 g/mol. The lowest BCUT2D eigenvalue weighted by atomic mass is 9.96. The first-order chi connectivity index (χ1) is 5.73. The Balaban J connectivity index is 3.11. The fraction of sp³-hybridized carbons (Fsp3) is 0.100. The van der Waals surface area contributed by atoms with Gasteiger partial charge in [0.15, 0.2) is 11.9 Å². The maximum absolute atomic E-state index is 10.5. The van der Waals surface area contributed by atoms with Crippen LogP contribution in [0.5, 0.6) is 0 Å². The highest BCUT2D eigenvalue weighted by Crippen LogP contribution is 2.18. The van der Waals surface area contributed by atoms with Gasteiger partial charge in [0.1, 0.15) is 0 Å². The van der Waals surface area contributed by atoms with E-state index in [-0.39, 0.29) is 0 Å². The summed E-state index contributed by atoms with van der Waals surface area (Å²) >= 11 is 0. The summed E-state index contributed by atoms with van der Waals surface area (Å²) in [4.78, 5) is 10.5. The molecule has 1 aromatic carbocycles. The Labute approximate surface area is 71.2 Å². The number of hydrogen-bond acceptors (Lipinski definition) is 2. The molecule has 0 spiro atoms. The zero-order valence-electron chi connectivity index (χ0n) is 6.60. The van der Waals surface area contributed by atoms with Crippen LogP contribution in [0.4, 0.5) is 0 Å². The Morgan fingerprint density at radius 2 is 1.92 bits per heavy atom. The lowest BCUT2D eigenvalue weighted by Crippen LogP contribution is -2.23. The SMILES string of the molecule is C=CC(O)(C=O)c1ccccc1. The highest BCUT2D eigenvalue weighted by molar-refractivity contribution is 5.68. The molecule has 12 heavy (non-hydrogen) atoms. The number of carbonyl (C=O) groups is 1. The molecule has 0 aromatic heterocycles. The van der Waals surface area contributed by atoms with Gasteiger partial charge < -0.3 is 5.11 Å². The second kappa shape index (κ2) is 3.32. The van der Waals surface area contributed by atoms with Gasteiger partial charge >= 0.3 is 0 Å². The van der Waals surface area contributed by atoms with Gasteiger partial charge in [0.25, 0.3) is 0 Å². The summed E-state index contributed by atoms with van der Waals surface area (Å²) in [5, 5.41) is 9.61. The van der Waals surface area contributed by atoms with Crippen molar-refractivity contribution in [1.29, 1.82) is 0 Å². The van der Waals surface area contributed by atoms with Crippen molar-refractivity contribution in [2.45, 2.75) is 5.60 Å². The molecule has 0 amide bonds. The predicted octanol–water partition coefficient (Wildman–Crippen LogP) is 1.26. The van der Waals surface area contributed by atoms with E-state index >= 15 is 0 Å². The maximum Gasteiger partial charge on any atom is 0.163 e. The minimum Gasteiger partial charge on any atom is -0.374 e. The van der Waals surface area contributed by atoms with Gasteiger partial charge in [-0.3, -0.25) is 4.79 Å². The molecule has 1 N–H and O–H groups in total. The summed E-state index contributed by atoms with van der Waals surface area (Å²) in [5.41, 5.74) is -1.00. The second-order valence-electron chi connectivity index (χ2n) is 2.51. The van der Waals surface area contributed by atoms with Crippen LogP contribution in [0.3, 0.4) is 0 Å². The first-order valence-corrected chi connectivity index (χ1v) is 3.61. The summed E-state index contributed by atoms with van der Waals surface area (Å²) in [6.45, 7) is 3.40. The quantitative estimate of drug-likeness (QED) is 0.536. The molecular formula is C10H10O2. The van der Waals surface area contributed by atoms with Crippen LogP contribution in [-0.4, -0.2) is 11.4 Å². The standard InChI is InChI=1S/C10H10O2/c1-2-10(12,8-11)9-6-4-3-5-7-9/h2-8,12H,1H2. The minimum atomic E-state index is -1.54. The van der Waals surface area contributed by atoms with Crippen LogP contribution in [0.25, 0.3) is 0 Å². The van der Waals surface area contributed by atoms with Gasteiger partial charge in [-0.2, -0.15) is 0 Å². The van der Waals surface area contributed by atoms with Crippen LogP contribution >= 0.6 is 0 Å². The molecule has 62 valence electrons. The molecule has 0 aliphatic carbocycles. The van der Waals surface area contributed by atoms with Crippen LogP contribution in [0.1, 0.15) is 5.56 Å². The first-order valence-electron chi connectivity index (χ1n) is 3.61. The van der Waals surface area contributed by atoms with E-state index in [0.29, 0.717) is 11.8 Å². The van der Waals surface area contributed by atoms with E-state index in [1.165, 1.54) is 6.08 Å². The summed E-state index contributed by atoms with van der Waals surface area (Å²) in [7, 11) is 0. The van der Waals surface area contributed by atoms with Crippen LogP contribution in [0.15, 0.2) is 43.0 Å². The molecule has 0 saturated carbocycles. The third-order valence-electron chi connectivity index (χ3n) is 1.73. The Kier molecular flexibility index (Phi) is 2.41. The van der Waals surface area contributed by atoms with Gasteiger partial charge in [-0.25, -0.2) is 0 Å². The Hall–Kier alpha value is -1.41. The Morgan fingerprint density at radius 3 is 2.33 bits per heavy atom. The maximum atomic E-state index is 10.5. The van der Waals surface area contributed by atoms with Gasteiger partial charge in [0.2, 0.25) is 0 Å². The van der Waals surface area contributed by atoms with Crippen LogP contribution < -0.4 is 0 Å². The number of carbonyl (C=O) groups excluding carboxylic acids is 1. The molecule has 0 heterocycles. The zero-order chi connectivity index (χ0) is 9.03. The van der Waals surface area contributed by atoms with Gasteiger partial charge in [-0.05, 0) is 11.6 Å². The minimum absolute atomic E-state index is 0.468. The number of benzene rings is 1. The van der Waals surface area contributed by atoms with E-state index in [1.54, 1.807) is 24.3 Å². The summed E-state index contributed by atoms with van der Waals surface area (Å²) in [6, 6.07) is 8.69. The van der Waals surface area contributed by atoms with Crippen LogP contribution in [-0.2, 0) is 10.4 Å². The van der Waals surface area contributed by atoms with Gasteiger partial charge in [0.05, 0.1) is 0 Å². The van der Waals surface area contributed by atoms with E-state index < -0.39 is 5.60 Å². The van der Waals surface area contributed by atoms with Crippen molar-refractivity contribution in [1.82, 2.24) is 0 Å². The molecule has 2 heteroatoms. The molecular weight excluding hydrogens is 152 g/mol. The van der Waals surface area contributed by atoms with Gasteiger partial charge in [0, 0.05) is 0 Å². The normalized spacial score (nSPS) is 14.8. The largest absolute Gasteiger partial charge is 0.374 e. The fourth-order valence-corrected chi connectivity index (χ4v) is 0.939. The van der Waals surface area contributed by atoms with E-state index in [0.717, 1.165) is 0 Å². The van der Waals surface area contributed by atoms with Crippen LogP contribution in [0, 0.1) is 0 Å². The predicted molar refractivity (Wildman–Crippen MR) is 46.6 cm³/mol. The zero-order valence-corrected chi connectivity index (χ0v) is 6.60. The fourth-order valence-electron chi connectivity index (χ4n) is 0.939. The highest BCUT2D eigenvalue weighted by Gasteiger charge is 2.23. The molecule has 0 saturated heterocycles. The molecule has 1 rings (SSSR count). The molecule has 1 atom stereocenters. The van der Waals surface area contributed by atoms with Crippen molar-refractivity contribution in [2.24, 2.45) is 0 Å². The van der Waals surface area contributed by atoms with Crippen molar-refractivity contribution in [2.75, 3.05) is 0 Å². The molecule has 0 radical (unpaired) electrons. The molecule has 2 nitrogen and oxygen atoms in total. The van der Waals surface area contributed by atoms with E-state index in [2.05, 4.69) is 6.58 Å². The van der Waals surface area contributed by atoms with Crippen LogP contribution in [0.2, 0.25) is 0 Å². The summed E-state index contributed by atoms with van der Waals surface area (Å²) < 4.78 is 0. The lowest BCUT2D eigenvalue weighted by molar-refractivity contribution is -0.120. The van der Waals surface area contributed by atoms with Crippen molar-refractivity contribution < 1.29 is 9.90 Å². The van der Waals surface area contributed by atoms with E-state index in [9.17, 15) is 9.90 Å². The summed E-state index contributed by atoms with van der Waals surface area (Å²) in [5.74, 6) is 0.